The number of hydrogen-bond acceptors (Lipinski definition) is 3. The van der Waals surface area contributed by atoms with Gasteiger partial charge >= 0.3 is 0 Å². The SMILES string of the molecule is CNC(=O)C1(C(=O)NC[C@H]2CCO[C@@H]2C(C)(C)C)CC1. The Morgan fingerprint density at radius 2 is 1.90 bits per heavy atom. The van der Waals surface area contributed by atoms with Crippen LogP contribution in [0.25, 0.3) is 0 Å². The van der Waals surface area contributed by atoms with Gasteiger partial charge in [-0.2, -0.15) is 0 Å². The van der Waals surface area contributed by atoms with E-state index < -0.39 is 5.41 Å². The van der Waals surface area contributed by atoms with Crippen molar-refractivity contribution in [2.24, 2.45) is 16.7 Å². The molecule has 1 aliphatic carbocycles. The van der Waals surface area contributed by atoms with Crippen molar-refractivity contribution in [3.05, 3.63) is 0 Å². The summed E-state index contributed by atoms with van der Waals surface area (Å²) in [4.78, 5) is 24.0. The summed E-state index contributed by atoms with van der Waals surface area (Å²) < 4.78 is 5.80. The first-order chi connectivity index (χ1) is 9.31. The second kappa shape index (κ2) is 5.35. The summed E-state index contributed by atoms with van der Waals surface area (Å²) in [6.45, 7) is 7.82. The third-order valence-corrected chi connectivity index (χ3v) is 4.44. The fraction of sp³-hybridized carbons (Fsp3) is 0.867. The molecule has 1 heterocycles. The van der Waals surface area contributed by atoms with Crippen molar-refractivity contribution < 1.29 is 14.3 Å². The first kappa shape index (κ1) is 15.3. The van der Waals surface area contributed by atoms with Crippen molar-refractivity contribution in [2.45, 2.75) is 46.1 Å². The minimum atomic E-state index is -0.800. The summed E-state index contributed by atoms with van der Waals surface area (Å²) in [5.74, 6) is 0.0425. The molecule has 1 saturated heterocycles. The monoisotopic (exact) mass is 282 g/mol. The molecule has 2 N–H and O–H groups in total. The summed E-state index contributed by atoms with van der Waals surface area (Å²) in [7, 11) is 1.58. The molecule has 2 aliphatic rings. The van der Waals surface area contributed by atoms with E-state index in [1.165, 1.54) is 0 Å². The van der Waals surface area contributed by atoms with E-state index in [4.69, 9.17) is 4.74 Å². The number of rotatable bonds is 4. The molecule has 5 nitrogen and oxygen atoms in total. The Hall–Kier alpha value is -1.10. The Bertz CT molecular complexity index is 396. The molecular formula is C15H26N2O3. The lowest BCUT2D eigenvalue weighted by Crippen LogP contribution is -2.45. The third kappa shape index (κ3) is 2.82. The molecule has 2 atom stereocenters. The van der Waals surface area contributed by atoms with Gasteiger partial charge in [0.1, 0.15) is 5.41 Å². The minimum absolute atomic E-state index is 0.0734. The quantitative estimate of drug-likeness (QED) is 0.758. The van der Waals surface area contributed by atoms with Gasteiger partial charge in [-0.3, -0.25) is 9.59 Å². The Balaban J connectivity index is 1.89. The lowest BCUT2D eigenvalue weighted by Gasteiger charge is -2.31. The number of amides is 2. The van der Waals surface area contributed by atoms with Crippen molar-refractivity contribution in [3.8, 4) is 0 Å². The Morgan fingerprint density at radius 1 is 1.25 bits per heavy atom. The third-order valence-electron chi connectivity index (χ3n) is 4.44. The highest BCUT2D eigenvalue weighted by molar-refractivity contribution is 6.07. The van der Waals surface area contributed by atoms with E-state index in [1.54, 1.807) is 7.05 Å². The molecule has 20 heavy (non-hydrogen) atoms. The van der Waals surface area contributed by atoms with E-state index in [2.05, 4.69) is 31.4 Å². The maximum Gasteiger partial charge on any atom is 0.235 e. The van der Waals surface area contributed by atoms with Gasteiger partial charge in [-0.25, -0.2) is 0 Å². The molecule has 0 aromatic carbocycles. The van der Waals surface area contributed by atoms with Gasteiger partial charge < -0.3 is 15.4 Å². The minimum Gasteiger partial charge on any atom is -0.377 e. The van der Waals surface area contributed by atoms with E-state index in [1.807, 2.05) is 0 Å². The van der Waals surface area contributed by atoms with Crippen molar-refractivity contribution in [3.63, 3.8) is 0 Å². The average Bonchev–Trinajstić information content (AvgIpc) is 3.05. The molecule has 0 bridgehead atoms. The van der Waals surface area contributed by atoms with E-state index in [0.717, 1.165) is 13.0 Å². The van der Waals surface area contributed by atoms with Crippen LogP contribution < -0.4 is 10.6 Å². The van der Waals surface area contributed by atoms with Crippen LogP contribution in [0.2, 0.25) is 0 Å². The van der Waals surface area contributed by atoms with Crippen LogP contribution in [0, 0.1) is 16.7 Å². The van der Waals surface area contributed by atoms with Crippen LogP contribution in [0.3, 0.4) is 0 Å². The van der Waals surface area contributed by atoms with E-state index in [-0.39, 0.29) is 23.3 Å². The zero-order chi connectivity index (χ0) is 15.0. The van der Waals surface area contributed by atoms with Crippen LogP contribution in [-0.4, -0.2) is 38.1 Å². The normalized spacial score (nSPS) is 28.0. The van der Waals surface area contributed by atoms with Crippen molar-refractivity contribution in [2.75, 3.05) is 20.2 Å². The van der Waals surface area contributed by atoms with Crippen molar-refractivity contribution >= 4 is 11.8 Å². The van der Waals surface area contributed by atoms with Crippen LogP contribution in [0.15, 0.2) is 0 Å². The largest absolute Gasteiger partial charge is 0.377 e. The first-order valence-corrected chi connectivity index (χ1v) is 7.43. The second-order valence-corrected chi connectivity index (χ2v) is 7.08. The molecule has 0 aromatic heterocycles. The van der Waals surface area contributed by atoms with Crippen molar-refractivity contribution in [1.29, 1.82) is 0 Å². The van der Waals surface area contributed by atoms with Crippen LogP contribution in [0.1, 0.15) is 40.0 Å². The summed E-state index contributed by atoms with van der Waals surface area (Å²) >= 11 is 0. The maximum absolute atomic E-state index is 12.2. The highest BCUT2D eigenvalue weighted by Crippen LogP contribution is 2.46. The van der Waals surface area contributed by atoms with Gasteiger partial charge in [-0.1, -0.05) is 20.8 Å². The molecule has 1 saturated carbocycles. The molecule has 1 aliphatic heterocycles. The summed E-state index contributed by atoms with van der Waals surface area (Å²) in [5, 5.41) is 5.55. The molecule has 2 fully saturated rings. The lowest BCUT2D eigenvalue weighted by atomic mass is 9.81. The van der Waals surface area contributed by atoms with Crippen LogP contribution in [0.4, 0.5) is 0 Å². The van der Waals surface area contributed by atoms with Gasteiger partial charge in [0.25, 0.3) is 0 Å². The fourth-order valence-electron chi connectivity index (χ4n) is 3.11. The molecule has 5 heteroatoms. The van der Waals surface area contributed by atoms with Gasteiger partial charge in [0.05, 0.1) is 6.10 Å². The van der Waals surface area contributed by atoms with Gasteiger partial charge in [0, 0.05) is 26.1 Å². The predicted octanol–water partition coefficient (Wildman–Crippen LogP) is 1.08. The first-order valence-electron chi connectivity index (χ1n) is 7.43. The van der Waals surface area contributed by atoms with Gasteiger partial charge in [0.2, 0.25) is 11.8 Å². The van der Waals surface area contributed by atoms with Crippen LogP contribution in [-0.2, 0) is 14.3 Å². The van der Waals surface area contributed by atoms with Gasteiger partial charge in [0.15, 0.2) is 0 Å². The smallest absolute Gasteiger partial charge is 0.235 e. The number of carbonyl (C=O) groups excluding carboxylic acids is 2. The molecule has 114 valence electrons. The number of ether oxygens (including phenoxy) is 1. The maximum atomic E-state index is 12.2. The van der Waals surface area contributed by atoms with Crippen molar-refractivity contribution in [1.82, 2.24) is 10.6 Å². The Kier molecular flexibility index (Phi) is 4.09. The summed E-state index contributed by atoms with van der Waals surface area (Å²) in [6, 6.07) is 0. The van der Waals surface area contributed by atoms with Gasteiger partial charge in [-0.15, -0.1) is 0 Å². The molecule has 0 unspecified atom stereocenters. The predicted molar refractivity (Wildman–Crippen MR) is 76.0 cm³/mol. The molecule has 0 spiro atoms. The number of carbonyl (C=O) groups is 2. The van der Waals surface area contributed by atoms with Gasteiger partial charge in [-0.05, 0) is 24.7 Å². The number of hydrogen-bond donors (Lipinski definition) is 2. The van der Waals surface area contributed by atoms with E-state index >= 15 is 0 Å². The summed E-state index contributed by atoms with van der Waals surface area (Å²) in [5.41, 5.74) is -0.727. The Morgan fingerprint density at radius 3 is 2.40 bits per heavy atom. The number of nitrogens with one attached hydrogen (secondary N) is 2. The molecular weight excluding hydrogens is 256 g/mol. The van der Waals surface area contributed by atoms with Crippen LogP contribution in [0.5, 0.6) is 0 Å². The molecule has 0 aromatic rings. The average molecular weight is 282 g/mol. The highest BCUT2D eigenvalue weighted by atomic mass is 16.5. The Labute approximate surface area is 120 Å². The topological polar surface area (TPSA) is 67.4 Å². The molecule has 2 amide bonds. The fourth-order valence-corrected chi connectivity index (χ4v) is 3.11. The lowest BCUT2D eigenvalue weighted by molar-refractivity contribution is -0.137. The van der Waals surface area contributed by atoms with Crippen LogP contribution >= 0.6 is 0 Å². The van der Waals surface area contributed by atoms with E-state index in [0.29, 0.717) is 25.3 Å². The molecule has 0 radical (unpaired) electrons. The van der Waals surface area contributed by atoms with E-state index in [9.17, 15) is 9.59 Å². The zero-order valence-corrected chi connectivity index (χ0v) is 12.9. The summed E-state index contributed by atoms with van der Waals surface area (Å²) in [6.07, 6.45) is 2.44. The highest BCUT2D eigenvalue weighted by Gasteiger charge is 2.56. The zero-order valence-electron chi connectivity index (χ0n) is 12.9. The standard InChI is InChI=1S/C15H26N2O3/c1-14(2,3)11-10(5-8-20-11)9-17-13(19)15(6-7-15)12(18)16-4/h10-11H,5-9H2,1-4H3,(H,16,18)(H,17,19)/t10-,11+/m1/s1. The molecule has 2 rings (SSSR count). The second-order valence-electron chi connectivity index (χ2n) is 7.08.